The monoisotopic (exact) mass is 233 g/mol. The van der Waals surface area contributed by atoms with Crippen LogP contribution >= 0.6 is 0 Å². The number of hydrogen-bond acceptors (Lipinski definition) is 3. The number of para-hydroxylation sites is 1. The Morgan fingerprint density at radius 1 is 1.41 bits per heavy atom. The standard InChI is InChI=1S/C14H19NO2/c1-3-11-6-5-7-12-8-9-15(14(11)12)10-13(16)17-4-2/h5-7H,3-4,8-10H2,1-2H3. The highest BCUT2D eigenvalue weighted by molar-refractivity contribution is 5.78. The highest BCUT2D eigenvalue weighted by Crippen LogP contribution is 2.31. The van der Waals surface area contributed by atoms with Crippen LogP contribution in [-0.4, -0.2) is 25.7 Å². The summed E-state index contributed by atoms with van der Waals surface area (Å²) in [6.07, 6.45) is 2.03. The molecule has 0 saturated carbocycles. The van der Waals surface area contributed by atoms with E-state index in [1.165, 1.54) is 16.8 Å². The molecular weight excluding hydrogens is 214 g/mol. The molecule has 1 aliphatic heterocycles. The summed E-state index contributed by atoms with van der Waals surface area (Å²) in [5.41, 5.74) is 3.93. The van der Waals surface area contributed by atoms with Crippen molar-refractivity contribution in [2.75, 3.05) is 24.6 Å². The van der Waals surface area contributed by atoms with Crippen molar-refractivity contribution >= 4 is 11.7 Å². The fourth-order valence-electron chi connectivity index (χ4n) is 2.43. The van der Waals surface area contributed by atoms with E-state index in [4.69, 9.17) is 4.74 Å². The third-order valence-corrected chi connectivity index (χ3v) is 3.18. The first-order chi connectivity index (χ1) is 8.26. The van der Waals surface area contributed by atoms with Crippen LogP contribution < -0.4 is 4.90 Å². The Kier molecular flexibility index (Phi) is 3.67. The lowest BCUT2D eigenvalue weighted by Gasteiger charge is -2.20. The van der Waals surface area contributed by atoms with Gasteiger partial charge in [0.1, 0.15) is 6.54 Å². The number of anilines is 1. The SMILES string of the molecule is CCOC(=O)CN1CCc2cccc(CC)c21. The number of benzene rings is 1. The second-order valence-electron chi connectivity index (χ2n) is 4.25. The number of aryl methyl sites for hydroxylation is 1. The zero-order valence-electron chi connectivity index (χ0n) is 10.5. The first-order valence-electron chi connectivity index (χ1n) is 6.27. The van der Waals surface area contributed by atoms with Crippen LogP contribution in [0.25, 0.3) is 0 Å². The molecule has 0 bridgehead atoms. The first-order valence-corrected chi connectivity index (χ1v) is 6.27. The minimum Gasteiger partial charge on any atom is -0.465 e. The number of carbonyl (C=O) groups is 1. The van der Waals surface area contributed by atoms with Crippen LogP contribution in [0.1, 0.15) is 25.0 Å². The zero-order chi connectivity index (χ0) is 12.3. The Bertz CT molecular complexity index is 415. The molecule has 0 spiro atoms. The summed E-state index contributed by atoms with van der Waals surface area (Å²) in [5, 5.41) is 0. The lowest BCUT2D eigenvalue weighted by molar-refractivity contribution is -0.141. The highest BCUT2D eigenvalue weighted by Gasteiger charge is 2.23. The number of nitrogens with zero attached hydrogens (tertiary/aromatic N) is 1. The van der Waals surface area contributed by atoms with E-state index in [2.05, 4.69) is 30.0 Å². The maximum atomic E-state index is 11.5. The molecule has 0 radical (unpaired) electrons. The summed E-state index contributed by atoms with van der Waals surface area (Å²) >= 11 is 0. The molecule has 0 aromatic heterocycles. The molecule has 0 fully saturated rings. The molecule has 0 amide bonds. The molecule has 3 heteroatoms. The van der Waals surface area contributed by atoms with Gasteiger partial charge in [0, 0.05) is 12.2 Å². The Hall–Kier alpha value is -1.51. The molecule has 0 unspecified atom stereocenters. The van der Waals surface area contributed by atoms with E-state index in [1.54, 1.807) is 0 Å². The molecule has 1 aromatic rings. The van der Waals surface area contributed by atoms with Crippen molar-refractivity contribution in [2.45, 2.75) is 26.7 Å². The van der Waals surface area contributed by atoms with Gasteiger partial charge in [0.25, 0.3) is 0 Å². The molecule has 1 aromatic carbocycles. The third-order valence-electron chi connectivity index (χ3n) is 3.18. The van der Waals surface area contributed by atoms with E-state index in [0.29, 0.717) is 13.2 Å². The van der Waals surface area contributed by atoms with Gasteiger partial charge in [0.2, 0.25) is 0 Å². The average Bonchev–Trinajstić information content (AvgIpc) is 2.73. The lowest BCUT2D eigenvalue weighted by Crippen LogP contribution is -2.29. The van der Waals surface area contributed by atoms with Crippen LogP contribution in [0.3, 0.4) is 0 Å². The normalized spacial score (nSPS) is 13.6. The van der Waals surface area contributed by atoms with E-state index in [0.717, 1.165) is 19.4 Å². The summed E-state index contributed by atoms with van der Waals surface area (Å²) < 4.78 is 5.01. The van der Waals surface area contributed by atoms with Crippen LogP contribution in [0.5, 0.6) is 0 Å². The summed E-state index contributed by atoms with van der Waals surface area (Å²) in [6, 6.07) is 6.40. The number of esters is 1. The predicted molar refractivity (Wildman–Crippen MR) is 68.4 cm³/mol. The van der Waals surface area contributed by atoms with E-state index < -0.39 is 0 Å². The van der Waals surface area contributed by atoms with Gasteiger partial charge in [-0.25, -0.2) is 0 Å². The predicted octanol–water partition coefficient (Wildman–Crippen LogP) is 2.17. The van der Waals surface area contributed by atoms with Crippen molar-refractivity contribution in [1.29, 1.82) is 0 Å². The van der Waals surface area contributed by atoms with Crippen molar-refractivity contribution in [3.63, 3.8) is 0 Å². The van der Waals surface area contributed by atoms with E-state index in [1.807, 2.05) is 6.92 Å². The summed E-state index contributed by atoms with van der Waals surface area (Å²) in [6.45, 7) is 5.74. The Labute approximate surface area is 102 Å². The van der Waals surface area contributed by atoms with Gasteiger partial charge < -0.3 is 9.64 Å². The van der Waals surface area contributed by atoms with Crippen LogP contribution in [-0.2, 0) is 22.4 Å². The first kappa shape index (κ1) is 12.0. The van der Waals surface area contributed by atoms with Gasteiger partial charge in [-0.3, -0.25) is 4.79 Å². The number of hydrogen-bond donors (Lipinski definition) is 0. The van der Waals surface area contributed by atoms with Crippen molar-refractivity contribution in [1.82, 2.24) is 0 Å². The second kappa shape index (κ2) is 5.21. The van der Waals surface area contributed by atoms with E-state index in [-0.39, 0.29) is 5.97 Å². The van der Waals surface area contributed by atoms with Gasteiger partial charge in [-0.15, -0.1) is 0 Å². The molecule has 0 saturated heterocycles. The minimum absolute atomic E-state index is 0.133. The van der Waals surface area contributed by atoms with Gasteiger partial charge >= 0.3 is 5.97 Å². The van der Waals surface area contributed by atoms with Crippen LogP contribution in [0.4, 0.5) is 5.69 Å². The quantitative estimate of drug-likeness (QED) is 0.746. The second-order valence-corrected chi connectivity index (χ2v) is 4.25. The van der Waals surface area contributed by atoms with Crippen molar-refractivity contribution in [2.24, 2.45) is 0 Å². The Morgan fingerprint density at radius 3 is 2.94 bits per heavy atom. The average molecular weight is 233 g/mol. The van der Waals surface area contributed by atoms with Crippen molar-refractivity contribution in [3.8, 4) is 0 Å². The fraction of sp³-hybridized carbons (Fsp3) is 0.500. The smallest absolute Gasteiger partial charge is 0.325 e. The molecular formula is C14H19NO2. The summed E-state index contributed by atoms with van der Waals surface area (Å²) in [4.78, 5) is 13.7. The zero-order valence-corrected chi connectivity index (χ0v) is 10.5. The Morgan fingerprint density at radius 2 is 2.24 bits per heavy atom. The van der Waals surface area contributed by atoms with Crippen LogP contribution in [0, 0.1) is 0 Å². The topological polar surface area (TPSA) is 29.5 Å². The molecule has 1 aliphatic rings. The maximum Gasteiger partial charge on any atom is 0.325 e. The Balaban J connectivity index is 2.18. The van der Waals surface area contributed by atoms with Gasteiger partial charge in [-0.2, -0.15) is 0 Å². The minimum atomic E-state index is -0.133. The third kappa shape index (κ3) is 2.43. The van der Waals surface area contributed by atoms with E-state index >= 15 is 0 Å². The number of rotatable bonds is 4. The lowest BCUT2D eigenvalue weighted by atomic mass is 10.1. The fourth-order valence-corrected chi connectivity index (χ4v) is 2.43. The molecule has 92 valence electrons. The van der Waals surface area contributed by atoms with Gasteiger partial charge in [-0.05, 0) is 30.9 Å². The summed E-state index contributed by atoms with van der Waals surface area (Å²) in [5.74, 6) is -0.133. The summed E-state index contributed by atoms with van der Waals surface area (Å²) in [7, 11) is 0. The number of carbonyl (C=O) groups excluding carboxylic acids is 1. The van der Waals surface area contributed by atoms with Crippen molar-refractivity contribution in [3.05, 3.63) is 29.3 Å². The molecule has 17 heavy (non-hydrogen) atoms. The number of ether oxygens (including phenoxy) is 1. The van der Waals surface area contributed by atoms with E-state index in [9.17, 15) is 4.79 Å². The maximum absolute atomic E-state index is 11.5. The van der Waals surface area contributed by atoms with Gasteiger partial charge in [0.05, 0.1) is 6.61 Å². The molecule has 0 atom stereocenters. The molecule has 0 N–H and O–H groups in total. The molecule has 1 heterocycles. The highest BCUT2D eigenvalue weighted by atomic mass is 16.5. The molecule has 2 rings (SSSR count). The van der Waals surface area contributed by atoms with Gasteiger partial charge in [-0.1, -0.05) is 25.1 Å². The molecule has 3 nitrogen and oxygen atoms in total. The molecule has 0 aliphatic carbocycles. The van der Waals surface area contributed by atoms with Crippen LogP contribution in [0.15, 0.2) is 18.2 Å². The largest absolute Gasteiger partial charge is 0.465 e. The van der Waals surface area contributed by atoms with Crippen LogP contribution in [0.2, 0.25) is 0 Å². The number of fused-ring (bicyclic) bond motifs is 1. The van der Waals surface area contributed by atoms with Crippen molar-refractivity contribution < 1.29 is 9.53 Å². The van der Waals surface area contributed by atoms with Gasteiger partial charge in [0.15, 0.2) is 0 Å².